The fourth-order valence-corrected chi connectivity index (χ4v) is 3.66. The predicted molar refractivity (Wildman–Crippen MR) is 124 cm³/mol. The third-order valence-corrected chi connectivity index (χ3v) is 5.15. The van der Waals surface area contributed by atoms with Crippen LogP contribution in [-0.4, -0.2) is 18.4 Å². The molecule has 0 fully saturated rings. The average molecular weight is 494 g/mol. The van der Waals surface area contributed by atoms with Crippen molar-refractivity contribution in [2.45, 2.75) is 34.6 Å². The second kappa shape index (κ2) is 10.3. The molecular formula is C22H27IN2O3. The predicted octanol–water partition coefficient (Wildman–Crippen LogP) is 5.25. The topological polar surface area (TPSA) is 67.4 Å². The molecule has 2 aromatic rings. The maximum Gasteiger partial charge on any atom is 0.228 e. The van der Waals surface area contributed by atoms with Crippen LogP contribution in [0, 0.1) is 3.57 Å². The van der Waals surface area contributed by atoms with Crippen LogP contribution in [0.2, 0.25) is 0 Å². The Kier molecular flexibility index (Phi) is 8.68. The van der Waals surface area contributed by atoms with Gasteiger partial charge in [0.2, 0.25) is 11.8 Å². The highest BCUT2D eigenvalue weighted by Gasteiger charge is 2.21. The fraction of sp³-hybridized carbons (Fsp3) is 0.273. The molecule has 2 aromatic carbocycles. The smallest absolute Gasteiger partial charge is 0.228 e. The van der Waals surface area contributed by atoms with Crippen LogP contribution in [0.3, 0.4) is 0 Å². The van der Waals surface area contributed by atoms with Gasteiger partial charge >= 0.3 is 0 Å². The van der Waals surface area contributed by atoms with Crippen molar-refractivity contribution in [2.24, 2.45) is 0 Å². The van der Waals surface area contributed by atoms with Crippen LogP contribution in [0.5, 0.6) is 0 Å². The van der Waals surface area contributed by atoms with E-state index in [0.717, 1.165) is 28.1 Å². The molecule has 2 aliphatic rings. The second-order valence-corrected chi connectivity index (χ2v) is 7.07. The Morgan fingerprint density at radius 2 is 1.54 bits per heavy atom. The summed E-state index contributed by atoms with van der Waals surface area (Å²) in [5, 5.41) is 5.59. The van der Waals surface area contributed by atoms with Crippen molar-refractivity contribution in [3.8, 4) is 0 Å². The quantitative estimate of drug-likeness (QED) is 0.453. The summed E-state index contributed by atoms with van der Waals surface area (Å²) in [4.78, 5) is 22.2. The molecule has 0 saturated heterocycles. The van der Waals surface area contributed by atoms with Crippen molar-refractivity contribution < 1.29 is 14.3 Å². The molecule has 4 rings (SSSR count). The first kappa shape index (κ1) is 23.7. The zero-order valence-electron chi connectivity index (χ0n) is 14.4. The lowest BCUT2D eigenvalue weighted by Crippen LogP contribution is -2.03. The molecule has 0 aliphatic carbocycles. The van der Waals surface area contributed by atoms with Gasteiger partial charge in [-0.3, -0.25) is 9.59 Å². The van der Waals surface area contributed by atoms with E-state index in [1.807, 2.05) is 43.3 Å². The van der Waals surface area contributed by atoms with E-state index in [9.17, 15) is 9.59 Å². The standard InChI is InChI=1S/C12H13NO2.C8H6INO.2CH4/c1-3-15-8(2)9-5-4-6-11-10(9)7-12(14)13-11;9-6-2-1-3-7-5(6)4-8(11)10-7;;/h4-6H,2-3,7H2,1H3,(H,13,14);1-3H,4H2,(H,10,11);2*1H4. The first-order valence-electron chi connectivity index (χ1n) is 8.30. The molecule has 0 atom stereocenters. The first-order valence-corrected chi connectivity index (χ1v) is 9.38. The second-order valence-electron chi connectivity index (χ2n) is 5.90. The number of nitrogens with one attached hydrogen (secondary N) is 2. The van der Waals surface area contributed by atoms with Gasteiger partial charge in [-0.05, 0) is 58.8 Å². The van der Waals surface area contributed by atoms with Crippen LogP contribution in [-0.2, 0) is 27.2 Å². The number of halogens is 1. The number of hydrogen-bond acceptors (Lipinski definition) is 3. The highest BCUT2D eigenvalue weighted by molar-refractivity contribution is 14.1. The van der Waals surface area contributed by atoms with Gasteiger partial charge in [0.15, 0.2) is 0 Å². The summed E-state index contributed by atoms with van der Waals surface area (Å²) in [7, 11) is 0. The van der Waals surface area contributed by atoms with Crippen LogP contribution in [0.1, 0.15) is 38.5 Å². The van der Waals surface area contributed by atoms with Gasteiger partial charge in [-0.25, -0.2) is 0 Å². The first-order chi connectivity index (χ1) is 12.5. The minimum Gasteiger partial charge on any atom is -0.494 e. The summed E-state index contributed by atoms with van der Waals surface area (Å²) in [6.45, 7) is 6.36. The van der Waals surface area contributed by atoms with Crippen LogP contribution < -0.4 is 10.6 Å². The van der Waals surface area contributed by atoms with Crippen molar-refractivity contribution in [1.82, 2.24) is 0 Å². The van der Waals surface area contributed by atoms with Crippen LogP contribution in [0.15, 0.2) is 43.0 Å². The molecule has 0 radical (unpaired) electrons. The van der Waals surface area contributed by atoms with Gasteiger partial charge in [-0.1, -0.05) is 39.6 Å². The number of amides is 2. The third-order valence-electron chi connectivity index (χ3n) is 4.14. The van der Waals surface area contributed by atoms with Crippen LogP contribution in [0.25, 0.3) is 5.76 Å². The summed E-state index contributed by atoms with van der Waals surface area (Å²) in [5.41, 5.74) is 4.90. The highest BCUT2D eigenvalue weighted by Crippen LogP contribution is 2.30. The van der Waals surface area contributed by atoms with E-state index in [1.54, 1.807) is 0 Å². The van der Waals surface area contributed by atoms with E-state index < -0.39 is 0 Å². The van der Waals surface area contributed by atoms with Gasteiger partial charge in [-0.2, -0.15) is 0 Å². The molecule has 0 saturated carbocycles. The van der Waals surface area contributed by atoms with Gasteiger partial charge in [-0.15, -0.1) is 0 Å². The Balaban J connectivity index is 0.000000271. The van der Waals surface area contributed by atoms with E-state index in [0.29, 0.717) is 25.2 Å². The Morgan fingerprint density at radius 1 is 1.00 bits per heavy atom. The summed E-state index contributed by atoms with van der Waals surface area (Å²) in [6.07, 6.45) is 0.950. The van der Waals surface area contributed by atoms with E-state index in [-0.39, 0.29) is 26.7 Å². The number of anilines is 2. The van der Waals surface area contributed by atoms with Gasteiger partial charge in [0, 0.05) is 20.5 Å². The van der Waals surface area contributed by atoms with Gasteiger partial charge in [0.1, 0.15) is 5.76 Å². The molecule has 0 spiro atoms. The Bertz CT molecular complexity index is 893. The third kappa shape index (κ3) is 5.13. The van der Waals surface area contributed by atoms with Crippen molar-refractivity contribution in [1.29, 1.82) is 0 Å². The zero-order valence-corrected chi connectivity index (χ0v) is 16.6. The molecule has 2 heterocycles. The molecule has 2 amide bonds. The average Bonchev–Trinajstić information content (AvgIpc) is 3.17. The molecule has 2 N–H and O–H groups in total. The van der Waals surface area contributed by atoms with Crippen LogP contribution in [0.4, 0.5) is 11.4 Å². The summed E-state index contributed by atoms with van der Waals surface area (Å²) in [6, 6.07) is 11.6. The van der Waals surface area contributed by atoms with Crippen LogP contribution >= 0.6 is 22.6 Å². The highest BCUT2D eigenvalue weighted by atomic mass is 127. The van der Waals surface area contributed by atoms with Crippen molar-refractivity contribution >= 4 is 51.5 Å². The molecular weight excluding hydrogens is 467 g/mol. The van der Waals surface area contributed by atoms with E-state index >= 15 is 0 Å². The van der Waals surface area contributed by atoms with Gasteiger partial charge < -0.3 is 15.4 Å². The number of carbonyl (C=O) groups excluding carboxylic acids is 2. The Morgan fingerprint density at radius 3 is 2.11 bits per heavy atom. The monoisotopic (exact) mass is 494 g/mol. The summed E-state index contributed by atoms with van der Waals surface area (Å²) >= 11 is 2.24. The van der Waals surface area contributed by atoms with Crippen molar-refractivity contribution in [3.63, 3.8) is 0 Å². The number of carbonyl (C=O) groups is 2. The van der Waals surface area contributed by atoms with Gasteiger partial charge in [0.05, 0.1) is 19.4 Å². The fourth-order valence-electron chi connectivity index (χ4n) is 2.97. The maximum absolute atomic E-state index is 11.3. The lowest BCUT2D eigenvalue weighted by atomic mass is 10.0. The molecule has 0 unspecified atom stereocenters. The normalized spacial score (nSPS) is 12.8. The van der Waals surface area contributed by atoms with E-state index in [1.165, 1.54) is 3.57 Å². The minimum absolute atomic E-state index is 0. The summed E-state index contributed by atoms with van der Waals surface area (Å²) in [5.74, 6) is 0.761. The molecule has 5 nitrogen and oxygen atoms in total. The number of rotatable bonds is 3. The molecule has 6 heteroatoms. The number of ether oxygens (including phenoxy) is 1. The zero-order chi connectivity index (χ0) is 18.7. The summed E-state index contributed by atoms with van der Waals surface area (Å²) < 4.78 is 6.52. The number of fused-ring (bicyclic) bond motifs is 2. The van der Waals surface area contributed by atoms with E-state index in [2.05, 4.69) is 39.8 Å². The molecule has 28 heavy (non-hydrogen) atoms. The number of benzene rings is 2. The van der Waals surface area contributed by atoms with E-state index in [4.69, 9.17) is 4.74 Å². The Hall–Kier alpha value is -2.35. The molecule has 0 aromatic heterocycles. The SMILES string of the molecule is C.C.C=C(OCC)c1cccc2c1CC(=O)N2.O=C1Cc2c(I)cccc2N1. The molecule has 0 bridgehead atoms. The largest absolute Gasteiger partial charge is 0.494 e. The lowest BCUT2D eigenvalue weighted by Gasteiger charge is -2.10. The molecule has 2 aliphatic heterocycles. The Labute approximate surface area is 180 Å². The van der Waals surface area contributed by atoms with Crippen molar-refractivity contribution in [2.75, 3.05) is 17.2 Å². The van der Waals surface area contributed by atoms with Crippen molar-refractivity contribution in [3.05, 3.63) is 63.2 Å². The van der Waals surface area contributed by atoms with Gasteiger partial charge in [0.25, 0.3) is 0 Å². The minimum atomic E-state index is 0. The number of hydrogen-bond donors (Lipinski definition) is 2. The maximum atomic E-state index is 11.3. The molecule has 150 valence electrons. The lowest BCUT2D eigenvalue weighted by molar-refractivity contribution is -0.115.